The lowest BCUT2D eigenvalue weighted by Gasteiger charge is -2.37. The summed E-state index contributed by atoms with van der Waals surface area (Å²) in [4.78, 5) is 0. The Balaban J connectivity index is 2.13. The second kappa shape index (κ2) is 5.75. The minimum absolute atomic E-state index is 0.122. The topological polar surface area (TPSA) is 63.4 Å². The number of thiophene rings is 1. The molecule has 1 heterocycles. The largest absolute Gasteiger partial charge is 0.326 e. The Kier molecular flexibility index (Phi) is 4.59. The highest BCUT2D eigenvalue weighted by Gasteiger charge is 2.34. The molecule has 1 aromatic rings. The van der Waals surface area contributed by atoms with E-state index in [1.165, 1.54) is 11.3 Å². The fourth-order valence-corrected chi connectivity index (χ4v) is 5.50. The minimum atomic E-state index is -3.37. The highest BCUT2D eigenvalue weighted by molar-refractivity contribution is 7.91. The molecule has 1 aromatic heterocycles. The SMILES string of the molecule is CN(C1CCC(C)(C)CC1)S(=O)(=O)c1cc(CN)cs1. The van der Waals surface area contributed by atoms with Crippen LogP contribution in [0.5, 0.6) is 0 Å². The Morgan fingerprint density at radius 3 is 2.50 bits per heavy atom. The first-order valence-corrected chi connectivity index (χ1v) is 9.34. The lowest BCUT2D eigenvalue weighted by Crippen LogP contribution is -2.40. The zero-order chi connectivity index (χ0) is 15.0. The van der Waals surface area contributed by atoms with Gasteiger partial charge in [0.25, 0.3) is 10.0 Å². The van der Waals surface area contributed by atoms with Crippen LogP contribution in [0.15, 0.2) is 15.7 Å². The zero-order valence-electron chi connectivity index (χ0n) is 12.4. The van der Waals surface area contributed by atoms with Gasteiger partial charge in [-0.1, -0.05) is 13.8 Å². The molecule has 0 spiro atoms. The van der Waals surface area contributed by atoms with Gasteiger partial charge in [-0.2, -0.15) is 4.31 Å². The highest BCUT2D eigenvalue weighted by atomic mass is 32.2. The summed E-state index contributed by atoms with van der Waals surface area (Å²) in [7, 11) is -1.66. The van der Waals surface area contributed by atoms with Gasteiger partial charge in [-0.05, 0) is 48.1 Å². The van der Waals surface area contributed by atoms with Gasteiger partial charge in [-0.25, -0.2) is 8.42 Å². The van der Waals surface area contributed by atoms with Crippen LogP contribution in [0, 0.1) is 5.41 Å². The Labute approximate surface area is 126 Å². The smallest absolute Gasteiger partial charge is 0.252 e. The summed E-state index contributed by atoms with van der Waals surface area (Å²) in [6, 6.07) is 1.82. The average Bonchev–Trinajstić information content (AvgIpc) is 2.87. The third kappa shape index (κ3) is 3.24. The monoisotopic (exact) mass is 316 g/mol. The van der Waals surface area contributed by atoms with E-state index in [1.54, 1.807) is 17.4 Å². The summed E-state index contributed by atoms with van der Waals surface area (Å²) in [5.74, 6) is 0. The number of nitrogens with zero attached hydrogens (tertiary/aromatic N) is 1. The molecule has 2 N–H and O–H groups in total. The fourth-order valence-electron chi connectivity index (χ4n) is 2.68. The molecular weight excluding hydrogens is 292 g/mol. The van der Waals surface area contributed by atoms with Crippen molar-refractivity contribution in [1.29, 1.82) is 0 Å². The maximum atomic E-state index is 12.6. The Morgan fingerprint density at radius 2 is 2.00 bits per heavy atom. The molecule has 0 aromatic carbocycles. The molecule has 4 nitrogen and oxygen atoms in total. The van der Waals surface area contributed by atoms with Gasteiger partial charge < -0.3 is 5.73 Å². The zero-order valence-corrected chi connectivity index (χ0v) is 14.1. The van der Waals surface area contributed by atoms with E-state index < -0.39 is 10.0 Å². The van der Waals surface area contributed by atoms with Crippen molar-refractivity contribution in [2.24, 2.45) is 11.1 Å². The van der Waals surface area contributed by atoms with Gasteiger partial charge in [0.1, 0.15) is 4.21 Å². The third-order valence-electron chi connectivity index (χ3n) is 4.32. The maximum absolute atomic E-state index is 12.6. The first kappa shape index (κ1) is 15.9. The van der Waals surface area contributed by atoms with Crippen LogP contribution in [0.4, 0.5) is 0 Å². The molecule has 1 aliphatic carbocycles. The maximum Gasteiger partial charge on any atom is 0.252 e. The van der Waals surface area contributed by atoms with Crippen molar-refractivity contribution in [2.45, 2.75) is 56.3 Å². The Hall–Kier alpha value is -0.430. The van der Waals surface area contributed by atoms with E-state index in [0.29, 0.717) is 16.2 Å². The lowest BCUT2D eigenvalue weighted by atomic mass is 9.76. The quantitative estimate of drug-likeness (QED) is 0.929. The minimum Gasteiger partial charge on any atom is -0.326 e. The number of nitrogens with two attached hydrogens (primary N) is 1. The van der Waals surface area contributed by atoms with Crippen LogP contribution in [-0.2, 0) is 16.6 Å². The predicted molar refractivity (Wildman–Crippen MR) is 83.2 cm³/mol. The summed E-state index contributed by atoms with van der Waals surface area (Å²) >= 11 is 1.26. The molecule has 1 fully saturated rings. The van der Waals surface area contributed by atoms with Crippen molar-refractivity contribution < 1.29 is 8.42 Å². The molecule has 1 saturated carbocycles. The third-order valence-corrected chi connectivity index (χ3v) is 7.70. The Bertz CT molecular complexity index is 553. The van der Waals surface area contributed by atoms with Crippen molar-refractivity contribution in [3.63, 3.8) is 0 Å². The van der Waals surface area contributed by atoms with Crippen molar-refractivity contribution in [3.05, 3.63) is 17.0 Å². The van der Waals surface area contributed by atoms with Gasteiger partial charge >= 0.3 is 0 Å². The van der Waals surface area contributed by atoms with Crippen molar-refractivity contribution in [2.75, 3.05) is 7.05 Å². The molecule has 0 unspecified atom stereocenters. The number of rotatable bonds is 4. The predicted octanol–water partition coefficient (Wildman–Crippen LogP) is 2.80. The van der Waals surface area contributed by atoms with Crippen LogP contribution in [0.3, 0.4) is 0 Å². The molecule has 2 rings (SSSR count). The molecule has 6 heteroatoms. The van der Waals surface area contributed by atoms with Crippen molar-refractivity contribution >= 4 is 21.4 Å². The van der Waals surface area contributed by atoms with E-state index in [2.05, 4.69) is 13.8 Å². The van der Waals surface area contributed by atoms with E-state index in [0.717, 1.165) is 31.2 Å². The summed E-state index contributed by atoms with van der Waals surface area (Å²) in [5.41, 5.74) is 6.78. The van der Waals surface area contributed by atoms with Crippen LogP contribution in [-0.4, -0.2) is 25.8 Å². The highest BCUT2D eigenvalue weighted by Crippen LogP contribution is 2.38. The molecule has 0 radical (unpaired) electrons. The van der Waals surface area contributed by atoms with Crippen molar-refractivity contribution in [1.82, 2.24) is 4.31 Å². The van der Waals surface area contributed by atoms with E-state index in [1.807, 2.05) is 5.38 Å². The van der Waals surface area contributed by atoms with E-state index >= 15 is 0 Å². The van der Waals surface area contributed by atoms with E-state index in [9.17, 15) is 8.42 Å². The van der Waals surface area contributed by atoms with E-state index in [4.69, 9.17) is 5.73 Å². The number of hydrogen-bond acceptors (Lipinski definition) is 4. The average molecular weight is 316 g/mol. The lowest BCUT2D eigenvalue weighted by molar-refractivity contribution is 0.174. The van der Waals surface area contributed by atoms with Gasteiger partial charge in [-0.15, -0.1) is 11.3 Å². The molecule has 0 amide bonds. The van der Waals surface area contributed by atoms with Gasteiger partial charge in [0.05, 0.1) is 0 Å². The first-order chi connectivity index (χ1) is 9.26. The van der Waals surface area contributed by atoms with Crippen LogP contribution < -0.4 is 5.73 Å². The number of hydrogen-bond donors (Lipinski definition) is 1. The van der Waals surface area contributed by atoms with Crippen LogP contribution in [0.1, 0.15) is 45.1 Å². The molecule has 0 aliphatic heterocycles. The van der Waals surface area contributed by atoms with Gasteiger partial charge in [0, 0.05) is 19.6 Å². The van der Waals surface area contributed by atoms with Crippen LogP contribution in [0.2, 0.25) is 0 Å². The molecule has 114 valence electrons. The molecule has 0 saturated heterocycles. The summed E-state index contributed by atoms with van der Waals surface area (Å²) in [5, 5.41) is 1.82. The standard InChI is InChI=1S/C14H24N2O2S2/c1-14(2)6-4-12(5-7-14)16(3)20(17,18)13-8-11(9-15)10-19-13/h8,10,12H,4-7,9,15H2,1-3H3. The second-order valence-corrected chi connectivity index (χ2v) is 9.53. The fraction of sp³-hybridized carbons (Fsp3) is 0.714. The summed E-state index contributed by atoms with van der Waals surface area (Å²) in [6.07, 6.45) is 4.04. The normalized spacial score (nSPS) is 20.4. The Morgan fingerprint density at radius 1 is 1.40 bits per heavy atom. The molecular formula is C14H24N2O2S2. The van der Waals surface area contributed by atoms with Gasteiger partial charge in [-0.3, -0.25) is 0 Å². The second-order valence-electron chi connectivity index (χ2n) is 6.39. The summed E-state index contributed by atoms with van der Waals surface area (Å²) < 4.78 is 27.2. The van der Waals surface area contributed by atoms with Crippen molar-refractivity contribution in [3.8, 4) is 0 Å². The molecule has 20 heavy (non-hydrogen) atoms. The molecule has 0 bridgehead atoms. The first-order valence-electron chi connectivity index (χ1n) is 7.02. The summed E-state index contributed by atoms with van der Waals surface area (Å²) in [6.45, 7) is 4.89. The number of sulfonamides is 1. The molecule has 0 atom stereocenters. The van der Waals surface area contributed by atoms with Crippen LogP contribution in [0.25, 0.3) is 0 Å². The van der Waals surface area contributed by atoms with Gasteiger partial charge in [0.2, 0.25) is 0 Å². The van der Waals surface area contributed by atoms with E-state index in [-0.39, 0.29) is 6.04 Å². The molecule has 1 aliphatic rings. The van der Waals surface area contributed by atoms with Crippen LogP contribution >= 0.6 is 11.3 Å². The van der Waals surface area contributed by atoms with Gasteiger partial charge in [0.15, 0.2) is 0 Å².